The van der Waals surface area contributed by atoms with Gasteiger partial charge in [-0.15, -0.1) is 5.10 Å². The number of hydrogen-bond acceptors (Lipinski definition) is 3. The molecule has 0 amide bonds. The summed E-state index contributed by atoms with van der Waals surface area (Å²) in [5.41, 5.74) is 5.98. The molecule has 0 aliphatic carbocycles. The molecule has 1 aromatic heterocycles. The largest absolute Gasteiger partial charge is 0.477 e. The van der Waals surface area contributed by atoms with E-state index in [9.17, 15) is 0 Å². The lowest BCUT2D eigenvalue weighted by molar-refractivity contribution is 0.216. The molecule has 1 aromatic rings. The number of ether oxygens (including phenoxy) is 1. The van der Waals surface area contributed by atoms with Crippen LogP contribution >= 0.6 is 0 Å². The second kappa shape index (κ2) is 4.55. The SMILES string of the molecule is CCC(C)(C)CCOc1cc(N)n(C)n1. The molecule has 4 heteroatoms. The van der Waals surface area contributed by atoms with E-state index < -0.39 is 0 Å². The Hall–Kier alpha value is -1.19. The first-order valence-corrected chi connectivity index (χ1v) is 5.37. The van der Waals surface area contributed by atoms with E-state index in [2.05, 4.69) is 25.9 Å². The van der Waals surface area contributed by atoms with Crippen LogP contribution in [-0.2, 0) is 7.05 Å². The van der Waals surface area contributed by atoms with Crippen LogP contribution in [0.3, 0.4) is 0 Å². The minimum absolute atomic E-state index is 0.334. The molecule has 0 aromatic carbocycles. The van der Waals surface area contributed by atoms with Gasteiger partial charge in [0.1, 0.15) is 5.82 Å². The Bertz CT molecular complexity index is 298. The minimum Gasteiger partial charge on any atom is -0.477 e. The number of anilines is 1. The molecule has 0 unspecified atom stereocenters. The summed E-state index contributed by atoms with van der Waals surface area (Å²) in [6.45, 7) is 7.36. The number of nitrogens with two attached hydrogens (primary N) is 1. The normalized spacial score (nSPS) is 11.7. The Balaban J connectivity index is 2.38. The zero-order chi connectivity index (χ0) is 11.5. The van der Waals surface area contributed by atoms with Gasteiger partial charge in [-0.25, -0.2) is 4.68 Å². The molecule has 2 N–H and O–H groups in total. The highest BCUT2D eigenvalue weighted by Gasteiger charge is 2.15. The Morgan fingerprint density at radius 3 is 2.67 bits per heavy atom. The zero-order valence-electron chi connectivity index (χ0n) is 10.1. The van der Waals surface area contributed by atoms with Crippen molar-refractivity contribution in [2.45, 2.75) is 33.6 Å². The fourth-order valence-electron chi connectivity index (χ4n) is 1.13. The number of hydrogen-bond donors (Lipinski definition) is 1. The van der Waals surface area contributed by atoms with Gasteiger partial charge in [0.25, 0.3) is 0 Å². The summed E-state index contributed by atoms with van der Waals surface area (Å²) in [6.07, 6.45) is 2.18. The van der Waals surface area contributed by atoms with Gasteiger partial charge < -0.3 is 10.5 Å². The van der Waals surface area contributed by atoms with Crippen LogP contribution in [0.4, 0.5) is 5.82 Å². The van der Waals surface area contributed by atoms with Crippen LogP contribution < -0.4 is 10.5 Å². The Morgan fingerprint density at radius 1 is 1.53 bits per heavy atom. The first-order chi connectivity index (χ1) is 6.94. The molecule has 0 saturated carbocycles. The Kier molecular flexibility index (Phi) is 3.61. The fraction of sp³-hybridized carbons (Fsp3) is 0.727. The molecule has 0 aliphatic rings. The highest BCUT2D eigenvalue weighted by atomic mass is 16.5. The first kappa shape index (κ1) is 11.9. The number of aryl methyl sites for hydroxylation is 1. The van der Waals surface area contributed by atoms with Gasteiger partial charge in [0.15, 0.2) is 0 Å². The van der Waals surface area contributed by atoms with Crippen molar-refractivity contribution in [3.8, 4) is 5.88 Å². The Morgan fingerprint density at radius 2 is 2.20 bits per heavy atom. The van der Waals surface area contributed by atoms with Crippen molar-refractivity contribution in [1.82, 2.24) is 9.78 Å². The molecule has 15 heavy (non-hydrogen) atoms. The van der Waals surface area contributed by atoms with Gasteiger partial charge in [0.2, 0.25) is 5.88 Å². The van der Waals surface area contributed by atoms with Crippen molar-refractivity contribution in [2.24, 2.45) is 12.5 Å². The van der Waals surface area contributed by atoms with Gasteiger partial charge in [0, 0.05) is 13.1 Å². The van der Waals surface area contributed by atoms with Gasteiger partial charge in [-0.3, -0.25) is 0 Å². The molecule has 0 spiro atoms. The molecule has 4 nitrogen and oxygen atoms in total. The summed E-state index contributed by atoms with van der Waals surface area (Å²) in [5, 5.41) is 4.13. The summed E-state index contributed by atoms with van der Waals surface area (Å²) in [4.78, 5) is 0. The zero-order valence-corrected chi connectivity index (χ0v) is 10.1. The highest BCUT2D eigenvalue weighted by Crippen LogP contribution is 2.24. The van der Waals surface area contributed by atoms with Crippen LogP contribution in [0, 0.1) is 5.41 Å². The van der Waals surface area contributed by atoms with Crippen molar-refractivity contribution in [3.63, 3.8) is 0 Å². The summed E-state index contributed by atoms with van der Waals surface area (Å²) in [5.74, 6) is 1.24. The standard InChI is InChI=1S/C11H21N3O/c1-5-11(2,3)6-7-15-10-8-9(12)14(4)13-10/h8H,5-7,12H2,1-4H3. The number of aromatic nitrogens is 2. The van der Waals surface area contributed by atoms with E-state index in [1.54, 1.807) is 17.8 Å². The average Bonchev–Trinajstić information content (AvgIpc) is 2.46. The molecule has 0 atom stereocenters. The quantitative estimate of drug-likeness (QED) is 0.812. The van der Waals surface area contributed by atoms with E-state index in [4.69, 9.17) is 10.5 Å². The third-order valence-corrected chi connectivity index (χ3v) is 2.88. The molecule has 0 fully saturated rings. The van der Waals surface area contributed by atoms with E-state index in [0.29, 0.717) is 23.7 Å². The lowest BCUT2D eigenvalue weighted by atomic mass is 9.87. The van der Waals surface area contributed by atoms with E-state index in [0.717, 1.165) is 12.8 Å². The number of rotatable bonds is 5. The van der Waals surface area contributed by atoms with Gasteiger partial charge in [-0.2, -0.15) is 0 Å². The lowest BCUT2D eigenvalue weighted by Gasteiger charge is -2.21. The first-order valence-electron chi connectivity index (χ1n) is 5.37. The minimum atomic E-state index is 0.334. The van der Waals surface area contributed by atoms with E-state index in [1.807, 2.05) is 0 Å². The number of nitrogens with zero attached hydrogens (tertiary/aromatic N) is 2. The third-order valence-electron chi connectivity index (χ3n) is 2.88. The van der Waals surface area contributed by atoms with Crippen molar-refractivity contribution in [3.05, 3.63) is 6.07 Å². The molecule has 0 aliphatic heterocycles. The van der Waals surface area contributed by atoms with Crippen molar-refractivity contribution < 1.29 is 4.74 Å². The van der Waals surface area contributed by atoms with E-state index >= 15 is 0 Å². The summed E-state index contributed by atoms with van der Waals surface area (Å²) < 4.78 is 7.14. The average molecular weight is 211 g/mol. The summed E-state index contributed by atoms with van der Waals surface area (Å²) in [6, 6.07) is 1.75. The van der Waals surface area contributed by atoms with Crippen molar-refractivity contribution in [1.29, 1.82) is 0 Å². The van der Waals surface area contributed by atoms with E-state index in [-0.39, 0.29) is 0 Å². The van der Waals surface area contributed by atoms with Crippen molar-refractivity contribution >= 4 is 5.82 Å². The molecular formula is C11H21N3O. The van der Waals surface area contributed by atoms with Crippen LogP contribution in [0.1, 0.15) is 33.6 Å². The van der Waals surface area contributed by atoms with Crippen LogP contribution in [0.5, 0.6) is 5.88 Å². The molecule has 1 rings (SSSR count). The van der Waals surface area contributed by atoms with Crippen molar-refractivity contribution in [2.75, 3.05) is 12.3 Å². The molecular weight excluding hydrogens is 190 g/mol. The number of nitrogen functional groups attached to an aromatic ring is 1. The van der Waals surface area contributed by atoms with Crippen LogP contribution in [0.2, 0.25) is 0 Å². The van der Waals surface area contributed by atoms with Crippen LogP contribution in [0.15, 0.2) is 6.07 Å². The smallest absolute Gasteiger partial charge is 0.234 e. The maximum atomic E-state index is 5.64. The molecule has 1 heterocycles. The maximum Gasteiger partial charge on any atom is 0.234 e. The molecule has 0 saturated heterocycles. The van der Waals surface area contributed by atoms with Gasteiger partial charge >= 0.3 is 0 Å². The van der Waals surface area contributed by atoms with Gasteiger partial charge in [0.05, 0.1) is 6.61 Å². The molecule has 86 valence electrons. The molecule has 0 radical (unpaired) electrons. The van der Waals surface area contributed by atoms with Gasteiger partial charge in [-0.05, 0) is 11.8 Å². The third kappa shape index (κ3) is 3.46. The predicted molar refractivity (Wildman–Crippen MR) is 61.8 cm³/mol. The second-order valence-electron chi connectivity index (χ2n) is 4.65. The maximum absolute atomic E-state index is 5.64. The summed E-state index contributed by atoms with van der Waals surface area (Å²) in [7, 11) is 1.80. The summed E-state index contributed by atoms with van der Waals surface area (Å²) >= 11 is 0. The van der Waals surface area contributed by atoms with Gasteiger partial charge in [-0.1, -0.05) is 27.2 Å². The Labute approximate surface area is 91.4 Å². The highest BCUT2D eigenvalue weighted by molar-refractivity contribution is 5.33. The molecule has 0 bridgehead atoms. The fourth-order valence-corrected chi connectivity index (χ4v) is 1.13. The second-order valence-corrected chi connectivity index (χ2v) is 4.65. The predicted octanol–water partition coefficient (Wildman–Crippen LogP) is 2.21. The topological polar surface area (TPSA) is 53.1 Å². The van der Waals surface area contributed by atoms with Crippen LogP contribution in [0.25, 0.3) is 0 Å². The lowest BCUT2D eigenvalue weighted by Crippen LogP contribution is -2.14. The van der Waals surface area contributed by atoms with E-state index in [1.165, 1.54) is 0 Å². The van der Waals surface area contributed by atoms with Crippen LogP contribution in [-0.4, -0.2) is 16.4 Å². The monoisotopic (exact) mass is 211 g/mol.